The SMILES string of the molecule is O=C(CBr)c1ccc(F)c(I)c1F. The highest BCUT2D eigenvalue weighted by atomic mass is 127. The zero-order chi connectivity index (χ0) is 10.0. The van der Waals surface area contributed by atoms with Gasteiger partial charge in [-0.2, -0.15) is 0 Å². The van der Waals surface area contributed by atoms with Gasteiger partial charge in [0.2, 0.25) is 0 Å². The van der Waals surface area contributed by atoms with Gasteiger partial charge in [-0.3, -0.25) is 4.79 Å². The smallest absolute Gasteiger partial charge is 0.176 e. The molecule has 1 aromatic rings. The van der Waals surface area contributed by atoms with E-state index in [1.165, 1.54) is 22.6 Å². The molecule has 0 aliphatic rings. The predicted molar refractivity (Wildman–Crippen MR) is 57.2 cm³/mol. The Hall–Kier alpha value is -0.0400. The van der Waals surface area contributed by atoms with Gasteiger partial charge in [0.05, 0.1) is 14.5 Å². The first-order valence-corrected chi connectivity index (χ1v) is 5.50. The third-order valence-corrected chi connectivity index (χ3v) is 2.96. The molecule has 0 bridgehead atoms. The number of benzene rings is 1. The quantitative estimate of drug-likeness (QED) is 0.343. The van der Waals surface area contributed by atoms with Gasteiger partial charge in [0.1, 0.15) is 11.6 Å². The summed E-state index contributed by atoms with van der Waals surface area (Å²) in [6.45, 7) is 0. The molecule has 1 nitrogen and oxygen atoms in total. The van der Waals surface area contributed by atoms with Gasteiger partial charge in [-0.1, -0.05) is 15.9 Å². The van der Waals surface area contributed by atoms with E-state index in [0.717, 1.165) is 12.1 Å². The molecule has 5 heteroatoms. The van der Waals surface area contributed by atoms with Gasteiger partial charge in [0.25, 0.3) is 0 Å². The first kappa shape index (κ1) is 11.0. The van der Waals surface area contributed by atoms with Crippen molar-refractivity contribution in [2.45, 2.75) is 0 Å². The number of halogens is 4. The number of alkyl halides is 1. The lowest BCUT2D eigenvalue weighted by Gasteiger charge is -2.02. The monoisotopic (exact) mass is 360 g/mol. The normalized spacial score (nSPS) is 10.2. The van der Waals surface area contributed by atoms with E-state index in [2.05, 4.69) is 15.9 Å². The molecule has 0 aromatic heterocycles. The minimum atomic E-state index is -0.787. The van der Waals surface area contributed by atoms with Crippen LogP contribution in [0.4, 0.5) is 8.78 Å². The van der Waals surface area contributed by atoms with Crippen molar-refractivity contribution in [2.24, 2.45) is 0 Å². The van der Waals surface area contributed by atoms with Crippen LogP contribution in [0, 0.1) is 15.2 Å². The van der Waals surface area contributed by atoms with Crippen LogP contribution in [0.3, 0.4) is 0 Å². The first-order valence-electron chi connectivity index (χ1n) is 3.30. The van der Waals surface area contributed by atoms with Crippen LogP contribution in [0.15, 0.2) is 12.1 Å². The van der Waals surface area contributed by atoms with Crippen LogP contribution in [0.25, 0.3) is 0 Å². The Kier molecular flexibility index (Phi) is 3.78. The molecule has 0 saturated heterocycles. The largest absolute Gasteiger partial charge is 0.293 e. The highest BCUT2D eigenvalue weighted by molar-refractivity contribution is 14.1. The molecular formula is C8H4BrF2IO. The third-order valence-electron chi connectivity index (χ3n) is 1.46. The van der Waals surface area contributed by atoms with Gasteiger partial charge in [0, 0.05) is 0 Å². The molecule has 0 saturated carbocycles. The molecular weight excluding hydrogens is 357 g/mol. The van der Waals surface area contributed by atoms with Crippen molar-refractivity contribution in [2.75, 3.05) is 5.33 Å². The van der Waals surface area contributed by atoms with Crippen molar-refractivity contribution in [3.05, 3.63) is 32.9 Å². The third kappa shape index (κ3) is 2.25. The lowest BCUT2D eigenvalue weighted by atomic mass is 10.1. The van der Waals surface area contributed by atoms with Crippen LogP contribution < -0.4 is 0 Å². The zero-order valence-corrected chi connectivity index (χ0v) is 10.0. The van der Waals surface area contributed by atoms with Crippen LogP contribution in [0.2, 0.25) is 0 Å². The summed E-state index contributed by atoms with van der Waals surface area (Å²) >= 11 is 4.44. The Labute approximate surface area is 95.8 Å². The van der Waals surface area contributed by atoms with Gasteiger partial charge in [-0.15, -0.1) is 0 Å². The van der Waals surface area contributed by atoms with Crippen molar-refractivity contribution < 1.29 is 13.6 Å². The summed E-state index contributed by atoms with van der Waals surface area (Å²) in [4.78, 5) is 11.1. The van der Waals surface area contributed by atoms with Crippen molar-refractivity contribution in [1.29, 1.82) is 0 Å². The van der Waals surface area contributed by atoms with E-state index in [1.54, 1.807) is 0 Å². The molecule has 0 aliphatic carbocycles. The van der Waals surface area contributed by atoms with Crippen LogP contribution in [0.5, 0.6) is 0 Å². The molecule has 70 valence electrons. The van der Waals surface area contributed by atoms with E-state index in [1.807, 2.05) is 0 Å². The maximum atomic E-state index is 13.2. The van der Waals surface area contributed by atoms with E-state index in [-0.39, 0.29) is 14.5 Å². The molecule has 1 rings (SSSR count). The molecule has 0 heterocycles. The fourth-order valence-electron chi connectivity index (χ4n) is 0.813. The van der Waals surface area contributed by atoms with Crippen LogP contribution in [-0.4, -0.2) is 11.1 Å². The van der Waals surface area contributed by atoms with E-state index >= 15 is 0 Å². The van der Waals surface area contributed by atoms with Crippen LogP contribution in [-0.2, 0) is 0 Å². The summed E-state index contributed by atoms with van der Waals surface area (Å²) in [6.07, 6.45) is 0. The van der Waals surface area contributed by atoms with Gasteiger partial charge in [-0.05, 0) is 34.7 Å². The predicted octanol–water partition coefficient (Wildman–Crippen LogP) is 3.15. The average Bonchev–Trinajstić information content (AvgIpc) is 2.13. The summed E-state index contributed by atoms with van der Waals surface area (Å²) in [7, 11) is 0. The Balaban J connectivity index is 3.26. The molecule has 13 heavy (non-hydrogen) atoms. The van der Waals surface area contributed by atoms with Crippen molar-refractivity contribution >= 4 is 44.3 Å². The maximum absolute atomic E-state index is 13.2. The summed E-state index contributed by atoms with van der Waals surface area (Å²) in [6, 6.07) is 2.23. The van der Waals surface area contributed by atoms with Gasteiger partial charge in [0.15, 0.2) is 5.78 Å². The Morgan fingerprint density at radius 1 is 1.46 bits per heavy atom. The van der Waals surface area contributed by atoms with E-state index in [0.29, 0.717) is 0 Å². The number of ketones is 1. The van der Waals surface area contributed by atoms with E-state index < -0.39 is 17.4 Å². The van der Waals surface area contributed by atoms with Gasteiger partial charge >= 0.3 is 0 Å². The summed E-state index contributed by atoms with van der Waals surface area (Å²) < 4.78 is 25.8. The molecule has 1 aromatic carbocycles. The topological polar surface area (TPSA) is 17.1 Å². The average molecular weight is 361 g/mol. The molecule has 0 fully saturated rings. The van der Waals surface area contributed by atoms with Crippen LogP contribution >= 0.6 is 38.5 Å². The molecule has 0 N–H and O–H groups in total. The fourth-order valence-corrected chi connectivity index (χ4v) is 1.59. The fraction of sp³-hybridized carbons (Fsp3) is 0.125. The summed E-state index contributed by atoms with van der Waals surface area (Å²) in [5.41, 5.74) is -0.0809. The number of hydrogen-bond donors (Lipinski definition) is 0. The number of Topliss-reactive ketones (excluding diaryl/α,β-unsaturated/α-hetero) is 1. The minimum Gasteiger partial charge on any atom is -0.293 e. The second-order valence-corrected chi connectivity index (χ2v) is 3.92. The minimum absolute atomic E-state index is 0.0334. The number of hydrogen-bond acceptors (Lipinski definition) is 1. The second kappa shape index (κ2) is 4.45. The molecule has 0 spiro atoms. The van der Waals surface area contributed by atoms with Gasteiger partial charge < -0.3 is 0 Å². The number of rotatable bonds is 2. The maximum Gasteiger partial charge on any atom is 0.176 e. The molecule has 0 amide bonds. The Morgan fingerprint density at radius 3 is 2.62 bits per heavy atom. The summed E-state index contributed by atoms with van der Waals surface area (Å²) in [5, 5.41) is 0.0334. The van der Waals surface area contributed by atoms with Gasteiger partial charge in [-0.25, -0.2) is 8.78 Å². The first-order chi connectivity index (χ1) is 6.07. The number of carbonyl (C=O) groups excluding carboxylic acids is 1. The standard InChI is InChI=1S/C8H4BrF2IO/c9-3-6(13)4-1-2-5(10)8(12)7(4)11/h1-2H,3H2. The van der Waals surface area contributed by atoms with Crippen molar-refractivity contribution in [3.63, 3.8) is 0 Å². The Bertz CT molecular complexity index is 354. The molecule has 0 atom stereocenters. The van der Waals surface area contributed by atoms with Crippen LogP contribution in [0.1, 0.15) is 10.4 Å². The summed E-state index contributed by atoms with van der Waals surface area (Å²) in [5.74, 6) is -1.83. The molecule has 0 unspecified atom stereocenters. The highest BCUT2D eigenvalue weighted by Crippen LogP contribution is 2.19. The Morgan fingerprint density at radius 2 is 2.08 bits per heavy atom. The van der Waals surface area contributed by atoms with Crippen molar-refractivity contribution in [3.8, 4) is 0 Å². The second-order valence-electron chi connectivity index (χ2n) is 2.28. The number of carbonyl (C=O) groups is 1. The molecule has 0 radical (unpaired) electrons. The lowest BCUT2D eigenvalue weighted by Crippen LogP contribution is -2.05. The highest BCUT2D eigenvalue weighted by Gasteiger charge is 2.15. The lowest BCUT2D eigenvalue weighted by molar-refractivity contribution is 0.102. The van der Waals surface area contributed by atoms with Crippen molar-refractivity contribution in [1.82, 2.24) is 0 Å². The van der Waals surface area contributed by atoms with E-state index in [4.69, 9.17) is 0 Å². The molecule has 0 aliphatic heterocycles. The zero-order valence-electron chi connectivity index (χ0n) is 6.28. The van der Waals surface area contributed by atoms with E-state index in [9.17, 15) is 13.6 Å².